The third-order valence-electron chi connectivity index (χ3n) is 3.82. The van der Waals surface area contributed by atoms with Gasteiger partial charge in [-0.1, -0.05) is 41.9 Å². The molecule has 8 heteroatoms. The summed E-state index contributed by atoms with van der Waals surface area (Å²) < 4.78 is 25.3. The number of benzene rings is 2. The molecule has 124 valence electrons. The van der Waals surface area contributed by atoms with Gasteiger partial charge >= 0.3 is 0 Å². The minimum absolute atomic E-state index is 0.0496. The number of halogens is 1. The van der Waals surface area contributed by atoms with Crippen LogP contribution in [0.4, 0.5) is 5.69 Å². The Morgan fingerprint density at radius 1 is 1.12 bits per heavy atom. The quantitative estimate of drug-likeness (QED) is 0.828. The summed E-state index contributed by atoms with van der Waals surface area (Å²) >= 11 is 6.01. The SMILES string of the molecule is CN1C(=O)C(C(=O)Nc2ccccc2Cl)c2ccccc2S1(=O)=O. The molecule has 0 bridgehead atoms. The monoisotopic (exact) mass is 364 g/mol. The molecule has 0 spiro atoms. The molecular weight excluding hydrogens is 352 g/mol. The van der Waals surface area contributed by atoms with E-state index >= 15 is 0 Å². The van der Waals surface area contributed by atoms with E-state index in [9.17, 15) is 18.0 Å². The number of anilines is 1. The van der Waals surface area contributed by atoms with Crippen LogP contribution in [0.15, 0.2) is 53.4 Å². The van der Waals surface area contributed by atoms with Crippen molar-refractivity contribution in [3.8, 4) is 0 Å². The van der Waals surface area contributed by atoms with Gasteiger partial charge in [0.25, 0.3) is 15.9 Å². The molecular formula is C16H13ClN2O4S. The number of nitrogens with zero attached hydrogens (tertiary/aromatic N) is 1. The fourth-order valence-corrected chi connectivity index (χ4v) is 4.11. The zero-order valence-corrected chi connectivity index (χ0v) is 14.1. The number of rotatable bonds is 2. The van der Waals surface area contributed by atoms with Gasteiger partial charge < -0.3 is 5.32 Å². The predicted molar refractivity (Wildman–Crippen MR) is 89.2 cm³/mol. The second-order valence-corrected chi connectivity index (χ2v) is 7.60. The fourth-order valence-electron chi connectivity index (χ4n) is 2.56. The Labute approximate surface area is 144 Å². The molecule has 0 radical (unpaired) electrons. The van der Waals surface area contributed by atoms with Crippen LogP contribution in [-0.4, -0.2) is 31.6 Å². The van der Waals surface area contributed by atoms with Crippen molar-refractivity contribution < 1.29 is 18.0 Å². The number of amides is 2. The molecule has 0 saturated carbocycles. The molecule has 1 unspecified atom stereocenters. The lowest BCUT2D eigenvalue weighted by atomic mass is 9.96. The summed E-state index contributed by atoms with van der Waals surface area (Å²) in [6.45, 7) is 0. The van der Waals surface area contributed by atoms with Crippen molar-refractivity contribution in [3.63, 3.8) is 0 Å². The number of sulfonamides is 1. The van der Waals surface area contributed by atoms with E-state index in [0.29, 0.717) is 15.0 Å². The highest BCUT2D eigenvalue weighted by molar-refractivity contribution is 7.89. The van der Waals surface area contributed by atoms with E-state index in [0.717, 1.165) is 7.05 Å². The first-order valence-corrected chi connectivity index (χ1v) is 8.83. The average Bonchev–Trinajstić information content (AvgIpc) is 2.55. The van der Waals surface area contributed by atoms with Crippen LogP contribution < -0.4 is 5.32 Å². The first kappa shape index (κ1) is 16.5. The van der Waals surface area contributed by atoms with Crippen LogP contribution in [-0.2, 0) is 19.6 Å². The smallest absolute Gasteiger partial charge is 0.266 e. The maximum Gasteiger partial charge on any atom is 0.266 e. The Morgan fingerprint density at radius 2 is 1.75 bits per heavy atom. The van der Waals surface area contributed by atoms with E-state index in [-0.39, 0.29) is 10.5 Å². The van der Waals surface area contributed by atoms with Crippen LogP contribution >= 0.6 is 11.6 Å². The third kappa shape index (κ3) is 2.55. The molecule has 3 rings (SSSR count). The van der Waals surface area contributed by atoms with Crippen molar-refractivity contribution in [1.82, 2.24) is 4.31 Å². The minimum Gasteiger partial charge on any atom is -0.324 e. The summed E-state index contributed by atoms with van der Waals surface area (Å²) in [6, 6.07) is 12.6. The van der Waals surface area contributed by atoms with Gasteiger partial charge in [-0.2, -0.15) is 0 Å². The van der Waals surface area contributed by atoms with Gasteiger partial charge in [0.05, 0.1) is 15.6 Å². The van der Waals surface area contributed by atoms with E-state index < -0.39 is 27.8 Å². The highest BCUT2D eigenvalue weighted by atomic mass is 35.5. The molecule has 6 nitrogen and oxygen atoms in total. The van der Waals surface area contributed by atoms with Crippen molar-refractivity contribution in [1.29, 1.82) is 0 Å². The number of carbonyl (C=O) groups is 2. The van der Waals surface area contributed by atoms with Crippen molar-refractivity contribution in [3.05, 3.63) is 59.1 Å². The van der Waals surface area contributed by atoms with Gasteiger partial charge in [-0.15, -0.1) is 0 Å². The van der Waals surface area contributed by atoms with Crippen molar-refractivity contribution >= 4 is 39.1 Å². The Kier molecular flexibility index (Phi) is 4.06. The number of fused-ring (bicyclic) bond motifs is 1. The molecule has 1 aliphatic heterocycles. The molecule has 1 atom stereocenters. The second kappa shape index (κ2) is 5.92. The Balaban J connectivity index is 2.05. The first-order valence-electron chi connectivity index (χ1n) is 7.01. The number of hydrogen-bond donors (Lipinski definition) is 1. The van der Waals surface area contributed by atoms with E-state index in [1.165, 1.54) is 12.1 Å². The van der Waals surface area contributed by atoms with E-state index in [2.05, 4.69) is 5.32 Å². The maximum atomic E-state index is 12.6. The van der Waals surface area contributed by atoms with Crippen LogP contribution in [0.25, 0.3) is 0 Å². The fraction of sp³-hybridized carbons (Fsp3) is 0.125. The second-order valence-electron chi connectivity index (χ2n) is 5.25. The van der Waals surface area contributed by atoms with Gasteiger partial charge in [-0.25, -0.2) is 12.7 Å². The van der Waals surface area contributed by atoms with Gasteiger partial charge in [-0.05, 0) is 23.8 Å². The lowest BCUT2D eigenvalue weighted by Crippen LogP contribution is -2.45. The van der Waals surface area contributed by atoms with E-state index in [1.54, 1.807) is 36.4 Å². The summed E-state index contributed by atoms with van der Waals surface area (Å²) in [7, 11) is -2.80. The molecule has 1 N–H and O–H groups in total. The molecule has 0 aliphatic carbocycles. The summed E-state index contributed by atoms with van der Waals surface area (Å²) in [4.78, 5) is 25.1. The molecule has 0 saturated heterocycles. The maximum absolute atomic E-state index is 12.6. The Morgan fingerprint density at radius 3 is 2.46 bits per heavy atom. The molecule has 0 aromatic heterocycles. The number of nitrogens with one attached hydrogen (secondary N) is 1. The van der Waals surface area contributed by atoms with Crippen LogP contribution in [0.2, 0.25) is 5.02 Å². The van der Waals surface area contributed by atoms with Gasteiger partial charge in [0.15, 0.2) is 0 Å². The first-order chi connectivity index (χ1) is 11.3. The average molecular weight is 365 g/mol. The van der Waals surface area contributed by atoms with Gasteiger partial charge in [0.1, 0.15) is 5.92 Å². The third-order valence-corrected chi connectivity index (χ3v) is 5.98. The summed E-state index contributed by atoms with van der Waals surface area (Å²) in [5, 5.41) is 2.91. The van der Waals surface area contributed by atoms with Crippen molar-refractivity contribution in [2.24, 2.45) is 0 Å². The normalized spacial score (nSPS) is 18.8. The van der Waals surface area contributed by atoms with Gasteiger partial charge in [0.2, 0.25) is 5.91 Å². The highest BCUT2D eigenvalue weighted by Gasteiger charge is 2.44. The van der Waals surface area contributed by atoms with E-state index in [1.807, 2.05) is 0 Å². The summed E-state index contributed by atoms with van der Waals surface area (Å²) in [6.07, 6.45) is 0. The highest BCUT2D eigenvalue weighted by Crippen LogP contribution is 2.34. The largest absolute Gasteiger partial charge is 0.324 e. The lowest BCUT2D eigenvalue weighted by Gasteiger charge is -2.30. The molecule has 1 heterocycles. The molecule has 2 amide bonds. The van der Waals surface area contributed by atoms with Crippen LogP contribution in [0.3, 0.4) is 0 Å². The lowest BCUT2D eigenvalue weighted by molar-refractivity contribution is -0.132. The van der Waals surface area contributed by atoms with Crippen LogP contribution in [0, 0.1) is 0 Å². The Hall–Kier alpha value is -2.38. The van der Waals surface area contributed by atoms with Crippen molar-refractivity contribution in [2.75, 3.05) is 12.4 Å². The zero-order valence-electron chi connectivity index (χ0n) is 12.6. The molecule has 2 aromatic carbocycles. The van der Waals surface area contributed by atoms with Crippen LogP contribution in [0.1, 0.15) is 11.5 Å². The molecule has 1 aliphatic rings. The van der Waals surface area contributed by atoms with Crippen LogP contribution in [0.5, 0.6) is 0 Å². The van der Waals surface area contributed by atoms with Gasteiger partial charge in [0, 0.05) is 7.05 Å². The zero-order chi connectivity index (χ0) is 17.5. The summed E-state index contributed by atoms with van der Waals surface area (Å²) in [5.74, 6) is -2.70. The molecule has 0 fully saturated rings. The molecule has 2 aromatic rings. The van der Waals surface area contributed by atoms with Gasteiger partial charge in [-0.3, -0.25) is 9.59 Å². The number of hydrogen-bond acceptors (Lipinski definition) is 4. The predicted octanol–water partition coefficient (Wildman–Crippen LogP) is 2.22. The molecule has 24 heavy (non-hydrogen) atoms. The minimum atomic E-state index is -3.94. The standard InChI is InChI=1S/C16H13ClN2O4S/c1-19-16(21)14(10-6-2-5-9-13(10)24(19,22)23)15(20)18-12-8-4-3-7-11(12)17/h2-9,14H,1H3,(H,18,20). The van der Waals surface area contributed by atoms with Crippen molar-refractivity contribution in [2.45, 2.75) is 10.8 Å². The number of likely N-dealkylation sites (N-methyl/N-ethyl adjacent to an activating group) is 1. The Bertz CT molecular complexity index is 943. The number of carbonyl (C=O) groups excluding carboxylic acids is 2. The number of para-hydroxylation sites is 1. The topological polar surface area (TPSA) is 83.6 Å². The summed E-state index contributed by atoms with van der Waals surface area (Å²) in [5.41, 5.74) is 0.510. The van der Waals surface area contributed by atoms with E-state index in [4.69, 9.17) is 11.6 Å².